The lowest BCUT2D eigenvalue weighted by Gasteiger charge is -1.97. The number of hydrogen-bond acceptors (Lipinski definition) is 3. The minimum Gasteiger partial charge on any atom is -0.478 e. The Balaban J connectivity index is 3.35. The van der Waals surface area contributed by atoms with Crippen LogP contribution in [0.15, 0.2) is 16.6 Å². The van der Waals surface area contributed by atoms with Crippen molar-refractivity contribution in [1.82, 2.24) is 0 Å². The third kappa shape index (κ3) is 8.91. The summed E-state index contributed by atoms with van der Waals surface area (Å²) in [6.07, 6.45) is 7.98. The van der Waals surface area contributed by atoms with Gasteiger partial charge in [0.1, 0.15) is 0 Å². The van der Waals surface area contributed by atoms with Crippen LogP contribution in [0.5, 0.6) is 0 Å². The molecular formula is C11H17NO3. The van der Waals surface area contributed by atoms with Crippen LogP contribution in [0.25, 0.3) is 0 Å². The fraction of sp³-hybridized carbons (Fsp3) is 0.636. The maximum absolute atomic E-state index is 10.4. The van der Waals surface area contributed by atoms with Gasteiger partial charge in [-0.2, -0.15) is 0 Å². The molecule has 15 heavy (non-hydrogen) atoms. The Morgan fingerprint density at radius 3 is 2.60 bits per heavy atom. The number of carbonyl (C=O) groups excluding carboxylic acids is 1. The van der Waals surface area contributed by atoms with Crippen LogP contribution in [-0.2, 0) is 9.59 Å². The molecule has 0 aromatic rings. The molecule has 1 N–H and O–H groups in total. The highest BCUT2D eigenvalue weighted by Crippen LogP contribution is 2.05. The third-order valence-corrected chi connectivity index (χ3v) is 2.08. The second-order valence-electron chi connectivity index (χ2n) is 3.37. The number of isocyanates is 1. The monoisotopic (exact) mass is 211 g/mol. The number of aliphatic imine (C=N–C) groups is 1. The van der Waals surface area contributed by atoms with Gasteiger partial charge in [0.05, 0.1) is 6.54 Å². The van der Waals surface area contributed by atoms with E-state index in [1.807, 2.05) is 0 Å². The molecule has 0 aromatic heterocycles. The number of hydrogen-bond donors (Lipinski definition) is 1. The van der Waals surface area contributed by atoms with Gasteiger partial charge >= 0.3 is 5.97 Å². The summed E-state index contributed by atoms with van der Waals surface area (Å²) in [6.45, 7) is 2.15. The number of carbonyl (C=O) groups is 1. The van der Waals surface area contributed by atoms with Gasteiger partial charge in [-0.05, 0) is 26.2 Å². The van der Waals surface area contributed by atoms with Crippen molar-refractivity contribution in [3.8, 4) is 0 Å². The summed E-state index contributed by atoms with van der Waals surface area (Å²) in [6, 6.07) is 0. The van der Waals surface area contributed by atoms with E-state index in [9.17, 15) is 9.59 Å². The quantitative estimate of drug-likeness (QED) is 0.290. The van der Waals surface area contributed by atoms with Crippen molar-refractivity contribution in [2.45, 2.75) is 39.0 Å². The van der Waals surface area contributed by atoms with Crippen molar-refractivity contribution in [3.05, 3.63) is 11.6 Å². The van der Waals surface area contributed by atoms with Crippen LogP contribution in [0.3, 0.4) is 0 Å². The maximum Gasteiger partial charge on any atom is 0.330 e. The number of rotatable bonds is 8. The Kier molecular flexibility index (Phi) is 8.30. The average Bonchev–Trinajstić information content (AvgIpc) is 2.21. The third-order valence-electron chi connectivity index (χ3n) is 2.08. The number of carboxylic acids is 1. The molecule has 0 radical (unpaired) electrons. The Bertz CT molecular complexity index is 265. The summed E-state index contributed by atoms with van der Waals surface area (Å²) in [5.41, 5.74) is 0.403. The maximum atomic E-state index is 10.4. The van der Waals surface area contributed by atoms with E-state index in [0.717, 1.165) is 32.1 Å². The second-order valence-corrected chi connectivity index (χ2v) is 3.37. The van der Waals surface area contributed by atoms with Gasteiger partial charge in [0, 0.05) is 5.57 Å². The SMILES string of the molecule is CC(=CCCCCCCN=C=O)C(=O)O. The molecule has 0 aliphatic heterocycles. The van der Waals surface area contributed by atoms with Gasteiger partial charge in [-0.3, -0.25) is 0 Å². The number of allylic oxidation sites excluding steroid dienone is 1. The molecule has 0 spiro atoms. The normalized spacial score (nSPS) is 10.9. The molecule has 0 aromatic carbocycles. The Morgan fingerprint density at radius 2 is 2.00 bits per heavy atom. The fourth-order valence-electron chi connectivity index (χ4n) is 1.14. The summed E-state index contributed by atoms with van der Waals surface area (Å²) in [5.74, 6) is -0.852. The molecule has 0 fully saturated rings. The van der Waals surface area contributed by atoms with Crippen LogP contribution in [0, 0.1) is 0 Å². The molecule has 0 aliphatic rings. The van der Waals surface area contributed by atoms with E-state index >= 15 is 0 Å². The van der Waals surface area contributed by atoms with E-state index in [-0.39, 0.29) is 0 Å². The van der Waals surface area contributed by atoms with Gasteiger partial charge in [-0.1, -0.05) is 18.9 Å². The lowest BCUT2D eigenvalue weighted by molar-refractivity contribution is -0.132. The van der Waals surface area contributed by atoms with E-state index in [0.29, 0.717) is 12.1 Å². The van der Waals surface area contributed by atoms with Crippen LogP contribution in [0.4, 0.5) is 0 Å². The first kappa shape index (κ1) is 13.6. The lowest BCUT2D eigenvalue weighted by Crippen LogP contribution is -1.95. The van der Waals surface area contributed by atoms with E-state index < -0.39 is 5.97 Å². The summed E-state index contributed by atoms with van der Waals surface area (Å²) in [4.78, 5) is 23.6. The molecule has 4 nitrogen and oxygen atoms in total. The summed E-state index contributed by atoms with van der Waals surface area (Å²) >= 11 is 0. The van der Waals surface area contributed by atoms with Gasteiger partial charge in [0.15, 0.2) is 0 Å². The largest absolute Gasteiger partial charge is 0.478 e. The van der Waals surface area contributed by atoms with Gasteiger partial charge in [-0.25, -0.2) is 14.6 Å². The molecule has 84 valence electrons. The van der Waals surface area contributed by atoms with Crippen LogP contribution in [-0.4, -0.2) is 23.7 Å². The summed E-state index contributed by atoms with van der Waals surface area (Å²) in [7, 11) is 0. The summed E-state index contributed by atoms with van der Waals surface area (Å²) < 4.78 is 0. The van der Waals surface area contributed by atoms with Crippen LogP contribution in [0.2, 0.25) is 0 Å². The minimum absolute atomic E-state index is 0.403. The predicted molar refractivity (Wildman–Crippen MR) is 57.5 cm³/mol. The van der Waals surface area contributed by atoms with E-state index in [1.165, 1.54) is 6.08 Å². The van der Waals surface area contributed by atoms with Crippen LogP contribution in [0.1, 0.15) is 39.0 Å². The highest BCUT2D eigenvalue weighted by atomic mass is 16.4. The first-order valence-corrected chi connectivity index (χ1v) is 5.12. The van der Waals surface area contributed by atoms with Crippen molar-refractivity contribution in [2.24, 2.45) is 4.99 Å². The second kappa shape index (κ2) is 9.16. The van der Waals surface area contributed by atoms with Gasteiger partial charge < -0.3 is 5.11 Å². The van der Waals surface area contributed by atoms with E-state index in [1.54, 1.807) is 13.0 Å². The summed E-state index contributed by atoms with van der Waals surface area (Å²) in [5, 5.41) is 8.56. The Hall–Kier alpha value is -1.41. The molecule has 0 heterocycles. The van der Waals surface area contributed by atoms with Gasteiger partial charge in [0.25, 0.3) is 0 Å². The highest BCUT2D eigenvalue weighted by molar-refractivity contribution is 5.85. The first-order valence-electron chi connectivity index (χ1n) is 5.12. The molecule has 0 bridgehead atoms. The number of nitrogens with zero attached hydrogens (tertiary/aromatic N) is 1. The molecule has 0 aliphatic carbocycles. The first-order chi connectivity index (χ1) is 7.18. The topological polar surface area (TPSA) is 66.7 Å². The molecule has 0 saturated heterocycles. The molecule has 0 atom stereocenters. The van der Waals surface area contributed by atoms with Gasteiger partial charge in [0.2, 0.25) is 6.08 Å². The van der Waals surface area contributed by atoms with Crippen molar-refractivity contribution >= 4 is 12.0 Å². The van der Waals surface area contributed by atoms with Crippen molar-refractivity contribution in [3.63, 3.8) is 0 Å². The van der Waals surface area contributed by atoms with Crippen molar-refractivity contribution in [1.29, 1.82) is 0 Å². The predicted octanol–water partition coefficient (Wildman–Crippen LogP) is 2.30. The zero-order valence-corrected chi connectivity index (χ0v) is 9.03. The van der Waals surface area contributed by atoms with E-state index in [4.69, 9.17) is 5.11 Å². The van der Waals surface area contributed by atoms with Gasteiger partial charge in [-0.15, -0.1) is 0 Å². The zero-order valence-electron chi connectivity index (χ0n) is 9.03. The highest BCUT2D eigenvalue weighted by Gasteiger charge is 1.97. The van der Waals surface area contributed by atoms with Crippen molar-refractivity contribution < 1.29 is 14.7 Å². The standard InChI is InChI=1S/C11H17NO3/c1-10(11(14)15)7-5-3-2-4-6-8-12-9-13/h7H,2-6,8H2,1H3,(H,14,15). The molecule has 4 heteroatoms. The smallest absolute Gasteiger partial charge is 0.330 e. The number of unbranched alkanes of at least 4 members (excludes halogenated alkanes) is 4. The molecule has 0 amide bonds. The molecule has 0 unspecified atom stereocenters. The molecule has 0 saturated carbocycles. The number of aliphatic carboxylic acids is 1. The van der Waals surface area contributed by atoms with E-state index in [2.05, 4.69) is 4.99 Å². The Labute approximate surface area is 89.7 Å². The average molecular weight is 211 g/mol. The minimum atomic E-state index is -0.852. The fourth-order valence-corrected chi connectivity index (χ4v) is 1.14. The Morgan fingerprint density at radius 1 is 1.33 bits per heavy atom. The molecule has 0 rings (SSSR count). The zero-order chi connectivity index (χ0) is 11.5. The molecular weight excluding hydrogens is 194 g/mol. The van der Waals surface area contributed by atoms with Crippen LogP contribution < -0.4 is 0 Å². The van der Waals surface area contributed by atoms with Crippen LogP contribution >= 0.6 is 0 Å². The van der Waals surface area contributed by atoms with Crippen molar-refractivity contribution in [2.75, 3.05) is 6.54 Å². The lowest BCUT2D eigenvalue weighted by atomic mass is 10.1. The number of carboxylic acid groups (broad SMARTS) is 1.